The van der Waals surface area contributed by atoms with Crippen molar-refractivity contribution in [3.05, 3.63) is 17.5 Å². The van der Waals surface area contributed by atoms with E-state index in [1.807, 2.05) is 6.92 Å². The van der Waals surface area contributed by atoms with Crippen molar-refractivity contribution in [2.45, 2.75) is 50.2 Å². The topological polar surface area (TPSA) is 76.8 Å². The van der Waals surface area contributed by atoms with Crippen molar-refractivity contribution in [2.75, 3.05) is 39.5 Å². The summed E-state index contributed by atoms with van der Waals surface area (Å²) >= 11 is 0. The fourth-order valence-corrected chi connectivity index (χ4v) is 4.10. The minimum Gasteiger partial charge on any atom is -0.379 e. The molecule has 1 aliphatic heterocycles. The van der Waals surface area contributed by atoms with Gasteiger partial charge in [-0.15, -0.1) is 0 Å². The maximum Gasteiger partial charge on any atom is 0.256 e. The first-order chi connectivity index (χ1) is 12.2. The number of hydrogen-bond donors (Lipinski definition) is 1. The van der Waals surface area contributed by atoms with Gasteiger partial charge in [-0.25, -0.2) is 0 Å². The van der Waals surface area contributed by atoms with Gasteiger partial charge in [-0.1, -0.05) is 5.16 Å². The van der Waals surface area contributed by atoms with Gasteiger partial charge < -0.3 is 19.3 Å². The molecule has 25 heavy (non-hydrogen) atoms. The maximum absolute atomic E-state index is 12.6. The van der Waals surface area contributed by atoms with Gasteiger partial charge in [0.05, 0.1) is 25.0 Å². The van der Waals surface area contributed by atoms with Gasteiger partial charge in [-0.05, 0) is 32.6 Å². The summed E-state index contributed by atoms with van der Waals surface area (Å²) < 4.78 is 16.3. The zero-order valence-electron chi connectivity index (χ0n) is 14.8. The number of rotatable bonds is 7. The van der Waals surface area contributed by atoms with Crippen molar-refractivity contribution in [1.29, 1.82) is 0 Å². The summed E-state index contributed by atoms with van der Waals surface area (Å²) in [5, 5.41) is 7.16. The minimum absolute atomic E-state index is 0.0177. The number of nitrogens with one attached hydrogen (secondary N) is 1. The molecular weight excluding hydrogens is 322 g/mol. The van der Waals surface area contributed by atoms with Crippen molar-refractivity contribution in [2.24, 2.45) is 0 Å². The fraction of sp³-hybridized carbons (Fsp3) is 0.778. The molecule has 2 heterocycles. The van der Waals surface area contributed by atoms with Crippen LogP contribution >= 0.6 is 0 Å². The van der Waals surface area contributed by atoms with Gasteiger partial charge in [0.15, 0.2) is 0 Å². The average Bonchev–Trinajstić information content (AvgIpc) is 3.34. The van der Waals surface area contributed by atoms with Gasteiger partial charge in [0.25, 0.3) is 5.91 Å². The van der Waals surface area contributed by atoms with E-state index in [-0.39, 0.29) is 11.4 Å². The van der Waals surface area contributed by atoms with E-state index in [9.17, 15) is 4.79 Å². The lowest BCUT2D eigenvalue weighted by Crippen LogP contribution is -2.67. The molecule has 0 bridgehead atoms. The second-order valence-electron chi connectivity index (χ2n) is 7.38. The van der Waals surface area contributed by atoms with Gasteiger partial charge >= 0.3 is 0 Å². The van der Waals surface area contributed by atoms with E-state index in [0.29, 0.717) is 24.1 Å². The first-order valence-corrected chi connectivity index (χ1v) is 9.39. The van der Waals surface area contributed by atoms with Gasteiger partial charge in [0.2, 0.25) is 0 Å². The summed E-state index contributed by atoms with van der Waals surface area (Å²) in [6.45, 7) is 6.73. The van der Waals surface area contributed by atoms with E-state index >= 15 is 0 Å². The Hall–Kier alpha value is -1.44. The number of carbonyl (C=O) groups is 1. The normalized spacial score (nSPS) is 30.0. The molecule has 0 atom stereocenters. The standard InChI is InChI=1S/C18H27N3O4/c1-2-24-14-9-18(10-14,21-5-7-23-8-6-21)12-19-17(22)15-11-25-20-16(15)13-3-4-13/h11,13-14H,2-10,12H2,1H3,(H,19,22). The number of carbonyl (C=O) groups excluding carboxylic acids is 1. The fourth-order valence-electron chi connectivity index (χ4n) is 4.10. The third kappa shape index (κ3) is 3.45. The summed E-state index contributed by atoms with van der Waals surface area (Å²) in [6, 6.07) is 0. The van der Waals surface area contributed by atoms with E-state index in [1.54, 1.807) is 0 Å². The number of hydrogen-bond acceptors (Lipinski definition) is 6. The van der Waals surface area contributed by atoms with Crippen LogP contribution in [0.15, 0.2) is 10.8 Å². The molecule has 2 saturated carbocycles. The highest BCUT2D eigenvalue weighted by Gasteiger charge is 2.49. The molecule has 1 N–H and O–H groups in total. The lowest BCUT2D eigenvalue weighted by molar-refractivity contribution is -0.124. The van der Waals surface area contributed by atoms with Crippen LogP contribution in [0, 0.1) is 0 Å². The molecule has 1 saturated heterocycles. The summed E-state index contributed by atoms with van der Waals surface area (Å²) in [6.07, 6.45) is 5.89. The van der Waals surface area contributed by atoms with Crippen molar-refractivity contribution in [1.82, 2.24) is 15.4 Å². The molecule has 0 radical (unpaired) electrons. The minimum atomic E-state index is -0.0735. The molecule has 3 fully saturated rings. The molecule has 7 heteroatoms. The Morgan fingerprint density at radius 3 is 2.84 bits per heavy atom. The third-order valence-corrected chi connectivity index (χ3v) is 5.68. The summed E-state index contributed by atoms with van der Waals surface area (Å²) in [5.74, 6) is 0.328. The highest BCUT2D eigenvalue weighted by molar-refractivity contribution is 5.95. The van der Waals surface area contributed by atoms with Gasteiger partial charge in [0.1, 0.15) is 11.8 Å². The Balaban J connectivity index is 1.40. The van der Waals surface area contributed by atoms with E-state index in [1.165, 1.54) is 6.26 Å². The summed E-state index contributed by atoms with van der Waals surface area (Å²) in [5.41, 5.74) is 1.40. The van der Waals surface area contributed by atoms with E-state index in [2.05, 4.69) is 15.4 Å². The van der Waals surface area contributed by atoms with Crippen molar-refractivity contribution < 1.29 is 18.8 Å². The van der Waals surface area contributed by atoms with Gasteiger partial charge in [-0.3, -0.25) is 9.69 Å². The quantitative estimate of drug-likeness (QED) is 0.805. The number of ether oxygens (including phenoxy) is 2. The van der Waals surface area contributed by atoms with Crippen LogP contribution in [-0.2, 0) is 9.47 Å². The van der Waals surface area contributed by atoms with Crippen LogP contribution in [0.1, 0.15) is 54.6 Å². The van der Waals surface area contributed by atoms with Crippen LogP contribution in [0.3, 0.4) is 0 Å². The molecule has 138 valence electrons. The zero-order valence-corrected chi connectivity index (χ0v) is 14.8. The van der Waals surface area contributed by atoms with E-state index in [4.69, 9.17) is 14.0 Å². The Kier molecular flexibility index (Phi) is 4.80. The molecule has 4 rings (SSSR count). The Morgan fingerprint density at radius 2 is 2.16 bits per heavy atom. The van der Waals surface area contributed by atoms with Crippen LogP contribution in [0.25, 0.3) is 0 Å². The smallest absolute Gasteiger partial charge is 0.256 e. The molecule has 3 aliphatic rings. The lowest BCUT2D eigenvalue weighted by Gasteiger charge is -2.55. The molecule has 7 nitrogen and oxygen atoms in total. The molecule has 1 aromatic rings. The molecule has 0 spiro atoms. The molecule has 1 aromatic heterocycles. The highest BCUT2D eigenvalue weighted by atomic mass is 16.5. The molecule has 0 aromatic carbocycles. The van der Waals surface area contributed by atoms with Crippen LogP contribution in [0.2, 0.25) is 0 Å². The van der Waals surface area contributed by atoms with Crippen LogP contribution < -0.4 is 5.32 Å². The van der Waals surface area contributed by atoms with Crippen molar-refractivity contribution >= 4 is 5.91 Å². The Bertz CT molecular complexity index is 601. The number of aromatic nitrogens is 1. The first kappa shape index (κ1) is 17.0. The Morgan fingerprint density at radius 1 is 1.40 bits per heavy atom. The van der Waals surface area contributed by atoms with Gasteiger partial charge in [-0.2, -0.15) is 0 Å². The zero-order chi connectivity index (χ0) is 17.3. The lowest BCUT2D eigenvalue weighted by atomic mass is 9.72. The van der Waals surface area contributed by atoms with Crippen LogP contribution in [0.5, 0.6) is 0 Å². The second-order valence-corrected chi connectivity index (χ2v) is 7.38. The van der Waals surface area contributed by atoms with Crippen LogP contribution in [-0.4, -0.2) is 67.1 Å². The average molecular weight is 349 g/mol. The predicted octanol–water partition coefficient (Wildman–Crippen LogP) is 1.55. The SMILES string of the molecule is CCOC1CC(CNC(=O)c2conc2C2CC2)(N2CCOCC2)C1. The Labute approximate surface area is 148 Å². The second kappa shape index (κ2) is 7.05. The van der Waals surface area contributed by atoms with Crippen LogP contribution in [0.4, 0.5) is 0 Å². The van der Waals surface area contributed by atoms with E-state index < -0.39 is 0 Å². The van der Waals surface area contributed by atoms with E-state index in [0.717, 1.165) is 64.3 Å². The van der Waals surface area contributed by atoms with Gasteiger partial charge in [0, 0.05) is 37.7 Å². The molecule has 0 unspecified atom stereocenters. The third-order valence-electron chi connectivity index (χ3n) is 5.68. The predicted molar refractivity (Wildman–Crippen MR) is 90.6 cm³/mol. The maximum atomic E-state index is 12.6. The summed E-state index contributed by atoms with van der Waals surface area (Å²) in [7, 11) is 0. The first-order valence-electron chi connectivity index (χ1n) is 9.39. The molecular formula is C18H27N3O4. The summed E-state index contributed by atoms with van der Waals surface area (Å²) in [4.78, 5) is 15.1. The molecule has 2 aliphatic carbocycles. The van der Waals surface area contributed by atoms with Crippen molar-refractivity contribution in [3.63, 3.8) is 0 Å². The number of nitrogens with zero attached hydrogens (tertiary/aromatic N) is 2. The number of morpholine rings is 1. The largest absolute Gasteiger partial charge is 0.379 e. The highest BCUT2D eigenvalue weighted by Crippen LogP contribution is 2.41. The monoisotopic (exact) mass is 349 g/mol. The molecule has 1 amide bonds. The number of amides is 1. The van der Waals surface area contributed by atoms with Crippen molar-refractivity contribution in [3.8, 4) is 0 Å².